The van der Waals surface area contributed by atoms with Crippen molar-refractivity contribution in [3.8, 4) is 11.5 Å². The zero-order valence-electron chi connectivity index (χ0n) is 19.0. The minimum atomic E-state index is -0.725. The van der Waals surface area contributed by atoms with Gasteiger partial charge in [0.15, 0.2) is 23.1 Å². The zero-order chi connectivity index (χ0) is 23.2. The van der Waals surface area contributed by atoms with Crippen molar-refractivity contribution < 1.29 is 23.5 Å². The monoisotopic (exact) mass is 519 g/mol. The van der Waals surface area contributed by atoms with E-state index in [0.29, 0.717) is 29.2 Å². The molecule has 0 bridgehead atoms. The van der Waals surface area contributed by atoms with E-state index in [0.717, 1.165) is 5.56 Å². The number of carbonyl (C=O) groups is 2. The Morgan fingerprint density at radius 1 is 1.21 bits per heavy atom. The molecule has 2 aliphatic heterocycles. The summed E-state index contributed by atoms with van der Waals surface area (Å²) in [5, 5.41) is 11.3. The van der Waals surface area contributed by atoms with Crippen LogP contribution in [0.15, 0.2) is 24.3 Å². The van der Waals surface area contributed by atoms with Gasteiger partial charge in [-0.2, -0.15) is 0 Å². The minimum Gasteiger partial charge on any atom is -0.490 e. The van der Waals surface area contributed by atoms with Crippen LogP contribution in [0.2, 0.25) is 0 Å². The van der Waals surface area contributed by atoms with E-state index in [1.165, 1.54) is 4.90 Å². The number of nitrogens with zero attached hydrogens (tertiary/aromatic N) is 1. The van der Waals surface area contributed by atoms with E-state index in [-0.39, 0.29) is 65.5 Å². The lowest BCUT2D eigenvalue weighted by Crippen LogP contribution is -2.31. The molecule has 0 aromatic heterocycles. The number of amides is 1. The summed E-state index contributed by atoms with van der Waals surface area (Å²) in [6.07, 6.45) is 0. The predicted molar refractivity (Wildman–Crippen MR) is 129 cm³/mol. The highest BCUT2D eigenvalue weighted by atomic mass is 79.9. The van der Waals surface area contributed by atoms with E-state index in [1.54, 1.807) is 38.1 Å². The van der Waals surface area contributed by atoms with Gasteiger partial charge in [0.2, 0.25) is 5.91 Å². The highest BCUT2D eigenvalue weighted by molar-refractivity contribution is 8.93. The van der Waals surface area contributed by atoms with Crippen molar-refractivity contribution in [2.75, 3.05) is 25.1 Å². The molecule has 176 valence electrons. The summed E-state index contributed by atoms with van der Waals surface area (Å²) in [6.45, 7) is 7.92. The molecule has 0 fully saturated rings. The van der Waals surface area contributed by atoms with Gasteiger partial charge >= 0.3 is 0 Å². The molecular formula is C24H27BrFN3O4. The van der Waals surface area contributed by atoms with Crippen LogP contribution in [0, 0.1) is 11.2 Å². The Morgan fingerprint density at radius 3 is 2.58 bits per heavy atom. The summed E-state index contributed by atoms with van der Waals surface area (Å²) in [6, 6.07) is 6.79. The first kappa shape index (κ1) is 24.7. The molecule has 1 amide bonds. The summed E-state index contributed by atoms with van der Waals surface area (Å²) in [5.41, 5.74) is 1.90. The standard InChI is InChI=1S/C24H26FN3O4.BrH/c1-5-31-18-10-14-11-28(22(26)19(14)20(25)21(18)32-6-2)12-17(29)13-7-8-16-15(9-13)24(3,4)23(30)27-16;/h7-10,26H,5-6,11-12H2,1-4H3,(H,27,30);1H. The average molecular weight is 520 g/mol. The number of anilines is 1. The highest BCUT2D eigenvalue weighted by Crippen LogP contribution is 2.40. The van der Waals surface area contributed by atoms with E-state index in [4.69, 9.17) is 14.9 Å². The first-order valence-corrected chi connectivity index (χ1v) is 10.6. The second-order valence-corrected chi connectivity index (χ2v) is 8.39. The van der Waals surface area contributed by atoms with Crippen LogP contribution in [0.5, 0.6) is 11.5 Å². The SMILES string of the molecule is Br.CCOc1cc2c(c(F)c1OCC)C(=N)N(CC(=O)c1ccc3c(c1)C(C)(C)C(=O)N3)C2. The molecule has 0 spiro atoms. The number of amidine groups is 1. The molecule has 2 aromatic rings. The number of fused-ring (bicyclic) bond motifs is 2. The molecule has 0 saturated carbocycles. The van der Waals surface area contributed by atoms with Crippen molar-refractivity contribution in [3.63, 3.8) is 0 Å². The zero-order valence-corrected chi connectivity index (χ0v) is 20.7. The molecule has 0 saturated heterocycles. The molecule has 2 N–H and O–H groups in total. The maximum absolute atomic E-state index is 15.2. The molecule has 7 nitrogen and oxygen atoms in total. The van der Waals surface area contributed by atoms with Gasteiger partial charge in [-0.05, 0) is 63.1 Å². The molecule has 0 unspecified atom stereocenters. The lowest BCUT2D eigenvalue weighted by molar-refractivity contribution is -0.119. The number of benzene rings is 2. The smallest absolute Gasteiger partial charge is 0.234 e. The van der Waals surface area contributed by atoms with E-state index in [1.807, 2.05) is 13.8 Å². The summed E-state index contributed by atoms with van der Waals surface area (Å²) < 4.78 is 26.2. The molecule has 2 aromatic carbocycles. The number of nitrogens with one attached hydrogen (secondary N) is 2. The number of ketones is 1. The minimum absolute atomic E-state index is 0. The van der Waals surface area contributed by atoms with Crippen molar-refractivity contribution in [2.24, 2.45) is 0 Å². The quantitative estimate of drug-likeness (QED) is 0.527. The van der Waals surface area contributed by atoms with Crippen LogP contribution in [-0.2, 0) is 16.8 Å². The Balaban J connectivity index is 0.00000306. The third kappa shape index (κ3) is 4.10. The first-order valence-electron chi connectivity index (χ1n) is 10.6. The van der Waals surface area contributed by atoms with E-state index >= 15 is 4.39 Å². The van der Waals surface area contributed by atoms with Gasteiger partial charge in [-0.25, -0.2) is 4.39 Å². The van der Waals surface area contributed by atoms with Gasteiger partial charge in [0.25, 0.3) is 0 Å². The Labute approximate surface area is 202 Å². The Bertz CT molecular complexity index is 1150. The molecule has 9 heteroatoms. The fourth-order valence-corrected chi connectivity index (χ4v) is 4.17. The molecule has 2 heterocycles. The Kier molecular flexibility index (Phi) is 6.83. The van der Waals surface area contributed by atoms with Gasteiger partial charge < -0.3 is 19.7 Å². The Hall–Kier alpha value is -2.94. The molecule has 33 heavy (non-hydrogen) atoms. The largest absolute Gasteiger partial charge is 0.490 e. The van der Waals surface area contributed by atoms with Crippen molar-refractivity contribution in [1.82, 2.24) is 4.90 Å². The van der Waals surface area contributed by atoms with Crippen LogP contribution in [0.4, 0.5) is 10.1 Å². The van der Waals surface area contributed by atoms with Crippen LogP contribution in [0.25, 0.3) is 0 Å². The third-order valence-corrected chi connectivity index (χ3v) is 5.94. The van der Waals surface area contributed by atoms with Crippen LogP contribution in [-0.4, -0.2) is 42.2 Å². The maximum atomic E-state index is 15.2. The summed E-state index contributed by atoms with van der Waals surface area (Å²) in [4.78, 5) is 26.7. The van der Waals surface area contributed by atoms with Crippen LogP contribution < -0.4 is 14.8 Å². The van der Waals surface area contributed by atoms with Crippen LogP contribution in [0.1, 0.15) is 54.7 Å². The van der Waals surface area contributed by atoms with Crippen LogP contribution in [0.3, 0.4) is 0 Å². The molecule has 0 atom stereocenters. The number of carbonyl (C=O) groups excluding carboxylic acids is 2. The van der Waals surface area contributed by atoms with Crippen LogP contribution >= 0.6 is 17.0 Å². The molecule has 4 rings (SSSR count). The molecule has 0 aliphatic carbocycles. The number of hydrogen-bond acceptors (Lipinski definition) is 5. The number of ether oxygens (including phenoxy) is 2. The van der Waals surface area contributed by atoms with Crippen molar-refractivity contribution in [1.29, 1.82) is 5.41 Å². The van der Waals surface area contributed by atoms with Gasteiger partial charge in [0, 0.05) is 17.8 Å². The average Bonchev–Trinajstić information content (AvgIpc) is 3.17. The summed E-state index contributed by atoms with van der Waals surface area (Å²) >= 11 is 0. The maximum Gasteiger partial charge on any atom is 0.234 e. The molecular weight excluding hydrogens is 493 g/mol. The summed E-state index contributed by atoms with van der Waals surface area (Å²) in [5.74, 6) is -0.742. The summed E-state index contributed by atoms with van der Waals surface area (Å²) in [7, 11) is 0. The lowest BCUT2D eigenvalue weighted by atomic mass is 9.85. The van der Waals surface area contributed by atoms with Crippen molar-refractivity contribution >= 4 is 40.2 Å². The Morgan fingerprint density at radius 2 is 1.91 bits per heavy atom. The molecule has 0 radical (unpaired) electrons. The second-order valence-electron chi connectivity index (χ2n) is 8.39. The number of halogens is 2. The topological polar surface area (TPSA) is 91.7 Å². The normalized spacial score (nSPS) is 15.5. The first-order chi connectivity index (χ1) is 15.2. The second kappa shape index (κ2) is 9.13. The van der Waals surface area contributed by atoms with Gasteiger partial charge in [-0.15, -0.1) is 17.0 Å². The van der Waals surface area contributed by atoms with Gasteiger partial charge in [-0.3, -0.25) is 15.0 Å². The molecule has 2 aliphatic rings. The van der Waals surface area contributed by atoms with Gasteiger partial charge in [0.1, 0.15) is 5.84 Å². The third-order valence-electron chi connectivity index (χ3n) is 5.94. The van der Waals surface area contributed by atoms with E-state index in [2.05, 4.69) is 5.32 Å². The predicted octanol–water partition coefficient (Wildman–Crippen LogP) is 4.45. The van der Waals surface area contributed by atoms with Crippen molar-refractivity contribution in [3.05, 3.63) is 52.3 Å². The number of hydrogen-bond donors (Lipinski definition) is 2. The van der Waals surface area contributed by atoms with Gasteiger partial charge in [-0.1, -0.05) is 0 Å². The fraction of sp³-hybridized carbons (Fsp3) is 0.375. The fourth-order valence-electron chi connectivity index (χ4n) is 4.17. The lowest BCUT2D eigenvalue weighted by Gasteiger charge is -2.18. The highest BCUT2D eigenvalue weighted by Gasteiger charge is 2.39. The number of rotatable bonds is 7. The van der Waals surface area contributed by atoms with Gasteiger partial charge in [0.05, 0.1) is 30.7 Å². The van der Waals surface area contributed by atoms with E-state index in [9.17, 15) is 9.59 Å². The number of Topliss-reactive ketones (excluding diaryl/α,β-unsaturated/α-hetero) is 1. The van der Waals surface area contributed by atoms with Crippen molar-refractivity contribution in [2.45, 2.75) is 39.7 Å². The van der Waals surface area contributed by atoms with E-state index < -0.39 is 11.2 Å².